The summed E-state index contributed by atoms with van der Waals surface area (Å²) in [6, 6.07) is 5.10. The Kier molecular flexibility index (Phi) is 6.18. The minimum absolute atomic E-state index is 0.0634. The fraction of sp³-hybridized carbons (Fsp3) is 0.385. The Morgan fingerprint density at radius 3 is 2.68 bits per heavy atom. The number of nitrogens with zero attached hydrogens (tertiary/aromatic N) is 1. The highest BCUT2D eigenvalue weighted by atomic mass is 35.5. The molecule has 0 aliphatic rings. The molecule has 0 fully saturated rings. The van der Waals surface area contributed by atoms with Crippen LogP contribution < -0.4 is 0 Å². The Bertz CT molecular complexity index is 479. The molecule has 1 rings (SSSR count). The quantitative estimate of drug-likeness (QED) is 0.821. The van der Waals surface area contributed by atoms with Crippen molar-refractivity contribution in [3.05, 3.63) is 28.8 Å². The van der Waals surface area contributed by atoms with E-state index in [2.05, 4.69) is 0 Å². The number of rotatable bonds is 6. The van der Waals surface area contributed by atoms with Crippen LogP contribution in [0.25, 0.3) is 0 Å². The van der Waals surface area contributed by atoms with E-state index in [0.717, 1.165) is 10.6 Å². The minimum Gasteiger partial charge on any atom is -0.481 e. The molecule has 0 spiro atoms. The number of thioether (sulfide) groups is 1. The Hall–Kier alpha value is -1.20. The molecule has 0 aromatic heterocycles. The Balaban J connectivity index is 2.88. The number of carbonyl (C=O) groups is 2. The van der Waals surface area contributed by atoms with Crippen LogP contribution in [0.1, 0.15) is 23.7 Å². The largest absolute Gasteiger partial charge is 0.481 e. The highest BCUT2D eigenvalue weighted by Gasteiger charge is 2.16. The third kappa shape index (κ3) is 4.76. The molecule has 0 saturated carbocycles. The summed E-state index contributed by atoms with van der Waals surface area (Å²) in [7, 11) is 1.60. The second-order valence-corrected chi connectivity index (χ2v) is 5.69. The molecule has 0 saturated heterocycles. The minimum atomic E-state index is -0.918. The molecule has 4 nitrogen and oxygen atoms in total. The van der Waals surface area contributed by atoms with E-state index in [9.17, 15) is 9.59 Å². The van der Waals surface area contributed by atoms with Gasteiger partial charge in [-0.1, -0.05) is 18.5 Å². The summed E-state index contributed by atoms with van der Waals surface area (Å²) in [4.78, 5) is 25.0. The molecule has 1 aromatic carbocycles. The second kappa shape index (κ2) is 7.40. The van der Waals surface area contributed by atoms with Crippen LogP contribution in [-0.2, 0) is 4.79 Å². The number of amides is 1. The molecule has 19 heavy (non-hydrogen) atoms. The average molecular weight is 302 g/mol. The van der Waals surface area contributed by atoms with E-state index in [4.69, 9.17) is 16.7 Å². The molecule has 104 valence electrons. The zero-order valence-corrected chi connectivity index (χ0v) is 12.4. The number of hydrogen-bond donors (Lipinski definition) is 1. The number of aliphatic carboxylic acids is 1. The fourth-order valence-electron chi connectivity index (χ4n) is 1.52. The van der Waals surface area contributed by atoms with Gasteiger partial charge in [0.25, 0.3) is 5.91 Å². The monoisotopic (exact) mass is 301 g/mol. The van der Waals surface area contributed by atoms with Crippen molar-refractivity contribution in [1.82, 2.24) is 4.90 Å². The molecule has 0 aliphatic carbocycles. The number of carbonyl (C=O) groups excluding carboxylic acids is 1. The van der Waals surface area contributed by atoms with Gasteiger partial charge in [-0.25, -0.2) is 0 Å². The highest BCUT2D eigenvalue weighted by molar-refractivity contribution is 7.99. The Morgan fingerprint density at radius 2 is 2.11 bits per heavy atom. The average Bonchev–Trinajstić information content (AvgIpc) is 2.35. The predicted molar refractivity (Wildman–Crippen MR) is 77.1 cm³/mol. The zero-order chi connectivity index (χ0) is 14.4. The molecule has 0 radical (unpaired) electrons. The van der Waals surface area contributed by atoms with E-state index in [1.165, 1.54) is 16.7 Å². The molecule has 0 bridgehead atoms. The molecular formula is C13H16ClNO3S. The lowest BCUT2D eigenvalue weighted by Gasteiger charge is -2.18. The molecule has 1 aromatic rings. The van der Waals surface area contributed by atoms with Gasteiger partial charge < -0.3 is 10.0 Å². The second-order valence-electron chi connectivity index (χ2n) is 3.94. The van der Waals surface area contributed by atoms with Crippen LogP contribution in [0.4, 0.5) is 0 Å². The molecule has 0 aliphatic heterocycles. The van der Waals surface area contributed by atoms with E-state index < -0.39 is 5.97 Å². The van der Waals surface area contributed by atoms with E-state index in [0.29, 0.717) is 10.6 Å². The van der Waals surface area contributed by atoms with Crippen molar-refractivity contribution in [1.29, 1.82) is 0 Å². The topological polar surface area (TPSA) is 57.6 Å². The van der Waals surface area contributed by atoms with Crippen molar-refractivity contribution in [2.45, 2.75) is 18.2 Å². The van der Waals surface area contributed by atoms with Crippen molar-refractivity contribution in [3.8, 4) is 0 Å². The van der Waals surface area contributed by atoms with Crippen molar-refractivity contribution < 1.29 is 14.7 Å². The maximum Gasteiger partial charge on any atom is 0.305 e. The van der Waals surface area contributed by atoms with Gasteiger partial charge in [-0.15, -0.1) is 11.8 Å². The highest BCUT2D eigenvalue weighted by Crippen LogP contribution is 2.27. The van der Waals surface area contributed by atoms with Gasteiger partial charge >= 0.3 is 5.97 Å². The van der Waals surface area contributed by atoms with E-state index >= 15 is 0 Å². The number of hydrogen-bond acceptors (Lipinski definition) is 3. The summed E-state index contributed by atoms with van der Waals surface area (Å²) in [5.74, 6) is -0.271. The van der Waals surface area contributed by atoms with Crippen LogP contribution >= 0.6 is 23.4 Å². The van der Waals surface area contributed by atoms with Crippen LogP contribution in [0.2, 0.25) is 5.02 Å². The van der Waals surface area contributed by atoms with Gasteiger partial charge in [-0.05, 0) is 24.0 Å². The third-order valence-corrected chi connectivity index (χ3v) is 3.65. The van der Waals surface area contributed by atoms with Crippen molar-refractivity contribution >= 4 is 35.2 Å². The van der Waals surface area contributed by atoms with Crippen LogP contribution in [-0.4, -0.2) is 41.2 Å². The summed E-state index contributed by atoms with van der Waals surface area (Å²) >= 11 is 7.46. The first-order valence-electron chi connectivity index (χ1n) is 5.85. The molecule has 1 N–H and O–H groups in total. The van der Waals surface area contributed by atoms with E-state index in [1.54, 1.807) is 25.2 Å². The predicted octanol–water partition coefficient (Wildman–Crippen LogP) is 3.00. The molecule has 0 heterocycles. The Labute approximate surface area is 121 Å². The Morgan fingerprint density at radius 1 is 1.42 bits per heavy atom. The van der Waals surface area contributed by atoms with Crippen molar-refractivity contribution in [2.75, 3.05) is 19.3 Å². The van der Waals surface area contributed by atoms with Crippen molar-refractivity contribution in [2.24, 2.45) is 0 Å². The first-order chi connectivity index (χ1) is 8.95. The van der Waals surface area contributed by atoms with E-state index in [-0.39, 0.29) is 18.9 Å². The van der Waals surface area contributed by atoms with Gasteiger partial charge in [0, 0.05) is 23.5 Å². The van der Waals surface area contributed by atoms with Crippen LogP contribution in [0.5, 0.6) is 0 Å². The van der Waals surface area contributed by atoms with Gasteiger partial charge in [0.1, 0.15) is 0 Å². The maximum absolute atomic E-state index is 12.2. The fourth-order valence-corrected chi connectivity index (χ4v) is 2.59. The summed E-state index contributed by atoms with van der Waals surface area (Å²) in [5, 5.41) is 9.21. The lowest BCUT2D eigenvalue weighted by Crippen LogP contribution is -2.29. The zero-order valence-electron chi connectivity index (χ0n) is 10.9. The first-order valence-corrected chi connectivity index (χ1v) is 7.21. The first kappa shape index (κ1) is 15.9. The van der Waals surface area contributed by atoms with Gasteiger partial charge in [-0.2, -0.15) is 0 Å². The molecular weight excluding hydrogens is 286 g/mol. The van der Waals surface area contributed by atoms with Crippen LogP contribution in [0, 0.1) is 0 Å². The SMILES string of the molecule is CCSc1cc(Cl)ccc1C(=O)N(C)CCC(=O)O. The number of benzene rings is 1. The van der Waals surface area contributed by atoms with Gasteiger partial charge in [0.15, 0.2) is 0 Å². The summed E-state index contributed by atoms with van der Waals surface area (Å²) < 4.78 is 0. The lowest BCUT2D eigenvalue weighted by atomic mass is 10.2. The van der Waals surface area contributed by atoms with E-state index in [1.807, 2.05) is 6.92 Å². The molecule has 0 atom stereocenters. The smallest absolute Gasteiger partial charge is 0.305 e. The lowest BCUT2D eigenvalue weighted by molar-refractivity contribution is -0.137. The van der Waals surface area contributed by atoms with Gasteiger partial charge in [0.2, 0.25) is 0 Å². The third-order valence-electron chi connectivity index (χ3n) is 2.48. The van der Waals surface area contributed by atoms with Gasteiger partial charge in [-0.3, -0.25) is 9.59 Å². The summed E-state index contributed by atoms with van der Waals surface area (Å²) in [6.07, 6.45) is -0.0634. The molecule has 1 amide bonds. The van der Waals surface area contributed by atoms with Crippen LogP contribution in [0.3, 0.4) is 0 Å². The number of carboxylic acid groups (broad SMARTS) is 1. The summed E-state index contributed by atoms with van der Waals surface area (Å²) in [6.45, 7) is 2.18. The maximum atomic E-state index is 12.2. The van der Waals surface area contributed by atoms with Gasteiger partial charge in [0.05, 0.1) is 12.0 Å². The number of halogens is 1. The standard InChI is InChI=1S/C13H16ClNO3S/c1-3-19-11-8-9(14)4-5-10(11)13(18)15(2)7-6-12(16)17/h4-5,8H,3,6-7H2,1-2H3,(H,16,17). The summed E-state index contributed by atoms with van der Waals surface area (Å²) in [5.41, 5.74) is 0.559. The molecule has 0 unspecified atom stereocenters. The van der Waals surface area contributed by atoms with Crippen LogP contribution in [0.15, 0.2) is 23.1 Å². The number of carboxylic acids is 1. The normalized spacial score (nSPS) is 10.3. The van der Waals surface area contributed by atoms with Crippen molar-refractivity contribution in [3.63, 3.8) is 0 Å². The molecule has 6 heteroatoms.